The number of carbonyl (C=O) groups is 1. The zero-order valence-corrected chi connectivity index (χ0v) is 16.0. The first-order valence-corrected chi connectivity index (χ1v) is 10.2. The monoisotopic (exact) mass is 365 g/mol. The number of carbonyl (C=O) groups excluding carboxylic acids is 1. The highest BCUT2D eigenvalue weighted by molar-refractivity contribution is 7.99. The van der Waals surface area contributed by atoms with Gasteiger partial charge in [0.2, 0.25) is 5.91 Å². The summed E-state index contributed by atoms with van der Waals surface area (Å²) in [6.07, 6.45) is 1.18. The van der Waals surface area contributed by atoms with Gasteiger partial charge in [0.1, 0.15) is 4.70 Å². The second kappa shape index (κ2) is 7.27. The Hall–Kier alpha value is -1.34. The molecule has 130 valence electrons. The van der Waals surface area contributed by atoms with E-state index in [1.807, 2.05) is 23.3 Å². The highest BCUT2D eigenvalue weighted by Gasteiger charge is 2.25. The van der Waals surface area contributed by atoms with E-state index in [0.717, 1.165) is 18.6 Å². The number of nitrogens with zero attached hydrogens (tertiary/aromatic N) is 3. The first-order valence-electron chi connectivity index (χ1n) is 8.38. The predicted molar refractivity (Wildman–Crippen MR) is 99.8 cm³/mol. The minimum Gasteiger partial charge on any atom is -0.341 e. The summed E-state index contributed by atoms with van der Waals surface area (Å²) in [6.45, 7) is 8.56. The quantitative estimate of drug-likeness (QED) is 0.617. The summed E-state index contributed by atoms with van der Waals surface area (Å²) in [5, 5.41) is 2.52. The van der Waals surface area contributed by atoms with Crippen molar-refractivity contribution in [2.75, 3.05) is 18.8 Å². The fraction of sp³-hybridized carbons (Fsp3) is 0.588. The Morgan fingerprint density at radius 1 is 1.38 bits per heavy atom. The molecule has 0 saturated carbocycles. The Bertz CT molecular complexity index is 789. The van der Waals surface area contributed by atoms with Gasteiger partial charge in [-0.1, -0.05) is 25.6 Å². The highest BCUT2D eigenvalue weighted by atomic mass is 32.2. The van der Waals surface area contributed by atoms with Gasteiger partial charge in [0.15, 0.2) is 5.16 Å². The molecule has 1 aliphatic heterocycles. The summed E-state index contributed by atoms with van der Waals surface area (Å²) in [7, 11) is 0. The average molecular weight is 366 g/mol. The molecule has 0 spiro atoms. The van der Waals surface area contributed by atoms with E-state index in [2.05, 4.69) is 18.8 Å². The maximum Gasteiger partial charge on any atom is 0.272 e. The van der Waals surface area contributed by atoms with Crippen molar-refractivity contribution in [3.63, 3.8) is 0 Å². The molecule has 24 heavy (non-hydrogen) atoms. The fourth-order valence-corrected chi connectivity index (χ4v) is 5.14. The largest absolute Gasteiger partial charge is 0.341 e. The highest BCUT2D eigenvalue weighted by Crippen LogP contribution is 2.24. The van der Waals surface area contributed by atoms with Crippen molar-refractivity contribution in [3.05, 3.63) is 21.8 Å². The van der Waals surface area contributed by atoms with Crippen LogP contribution in [0.4, 0.5) is 0 Å². The van der Waals surface area contributed by atoms with E-state index in [-0.39, 0.29) is 11.5 Å². The topological polar surface area (TPSA) is 55.2 Å². The molecule has 0 N–H and O–H groups in total. The number of thiophene rings is 1. The van der Waals surface area contributed by atoms with Crippen molar-refractivity contribution < 1.29 is 4.79 Å². The van der Waals surface area contributed by atoms with E-state index in [0.29, 0.717) is 34.0 Å². The Labute approximate surface area is 150 Å². The van der Waals surface area contributed by atoms with Gasteiger partial charge in [-0.3, -0.25) is 14.2 Å². The minimum atomic E-state index is -0.00679. The zero-order valence-electron chi connectivity index (χ0n) is 14.3. The van der Waals surface area contributed by atoms with Crippen LogP contribution >= 0.6 is 23.1 Å². The molecule has 0 radical (unpaired) electrons. The summed E-state index contributed by atoms with van der Waals surface area (Å²) < 4.78 is 2.35. The van der Waals surface area contributed by atoms with E-state index in [4.69, 9.17) is 0 Å². The number of rotatable bonds is 4. The summed E-state index contributed by atoms with van der Waals surface area (Å²) in [6, 6.07) is 1.86. The molecule has 2 unspecified atom stereocenters. The van der Waals surface area contributed by atoms with E-state index >= 15 is 0 Å². The maximum atomic E-state index is 12.6. The third-order valence-electron chi connectivity index (χ3n) is 4.39. The molecule has 3 rings (SSSR count). The van der Waals surface area contributed by atoms with Gasteiger partial charge in [0.25, 0.3) is 5.56 Å². The number of fused-ring (bicyclic) bond motifs is 1. The lowest BCUT2D eigenvalue weighted by Gasteiger charge is -2.35. The van der Waals surface area contributed by atoms with E-state index in [1.54, 1.807) is 4.57 Å². The van der Waals surface area contributed by atoms with E-state index < -0.39 is 0 Å². The van der Waals surface area contributed by atoms with Crippen LogP contribution < -0.4 is 5.56 Å². The molecular formula is C17H23N3O2S2. The molecule has 7 heteroatoms. The van der Waals surface area contributed by atoms with Gasteiger partial charge in [0.05, 0.1) is 11.3 Å². The third kappa shape index (κ3) is 3.52. The molecule has 0 aliphatic carbocycles. The molecule has 2 aromatic rings. The van der Waals surface area contributed by atoms with Crippen LogP contribution in [0, 0.1) is 11.8 Å². The van der Waals surface area contributed by atoms with Gasteiger partial charge >= 0.3 is 0 Å². The Morgan fingerprint density at radius 2 is 2.08 bits per heavy atom. The van der Waals surface area contributed by atoms with Gasteiger partial charge in [-0.05, 0) is 36.6 Å². The number of aromatic nitrogens is 2. The minimum absolute atomic E-state index is 0.00679. The van der Waals surface area contributed by atoms with Gasteiger partial charge in [0, 0.05) is 19.6 Å². The smallest absolute Gasteiger partial charge is 0.272 e. The third-order valence-corrected chi connectivity index (χ3v) is 6.25. The molecule has 1 saturated heterocycles. The molecule has 0 aromatic carbocycles. The van der Waals surface area contributed by atoms with E-state index in [1.165, 1.54) is 29.5 Å². The number of likely N-dealkylation sites (tertiary alicyclic amines) is 1. The van der Waals surface area contributed by atoms with Crippen molar-refractivity contribution in [1.82, 2.24) is 14.5 Å². The van der Waals surface area contributed by atoms with Crippen LogP contribution in [0.2, 0.25) is 0 Å². The molecule has 2 atom stereocenters. The van der Waals surface area contributed by atoms with Crippen LogP contribution in [0.1, 0.15) is 27.2 Å². The van der Waals surface area contributed by atoms with Crippen LogP contribution in [0.5, 0.6) is 0 Å². The van der Waals surface area contributed by atoms with Crippen LogP contribution in [-0.4, -0.2) is 39.2 Å². The standard InChI is InChI=1S/C17H23N3O2S2/c1-4-20-16(22)15-13(5-6-23-15)18-17(20)24-10-14(21)19-8-11(2)7-12(3)9-19/h5-6,11-12H,4,7-10H2,1-3H3. The van der Waals surface area contributed by atoms with Crippen LogP contribution in [0.25, 0.3) is 10.2 Å². The molecule has 2 aromatic heterocycles. The summed E-state index contributed by atoms with van der Waals surface area (Å²) in [4.78, 5) is 31.6. The van der Waals surface area contributed by atoms with Crippen molar-refractivity contribution in [1.29, 1.82) is 0 Å². The second-order valence-electron chi connectivity index (χ2n) is 6.61. The molecule has 0 bridgehead atoms. The first kappa shape index (κ1) is 17.5. The Kier molecular flexibility index (Phi) is 5.30. The second-order valence-corrected chi connectivity index (χ2v) is 8.47. The SMILES string of the molecule is CCn1c(SCC(=O)N2CC(C)CC(C)C2)nc2ccsc2c1=O. The van der Waals surface area contributed by atoms with Gasteiger partial charge in [-0.25, -0.2) is 4.98 Å². The van der Waals surface area contributed by atoms with Crippen LogP contribution in [-0.2, 0) is 11.3 Å². The van der Waals surface area contributed by atoms with Crippen molar-refractivity contribution in [3.8, 4) is 0 Å². The number of hydrogen-bond donors (Lipinski definition) is 0. The van der Waals surface area contributed by atoms with E-state index in [9.17, 15) is 9.59 Å². The lowest BCUT2D eigenvalue weighted by molar-refractivity contribution is -0.130. The fourth-order valence-electron chi connectivity index (χ4n) is 3.40. The number of piperidine rings is 1. The molecule has 1 fully saturated rings. The van der Waals surface area contributed by atoms with Crippen molar-refractivity contribution >= 4 is 39.2 Å². The lowest BCUT2D eigenvalue weighted by Crippen LogP contribution is -2.43. The van der Waals surface area contributed by atoms with Crippen molar-refractivity contribution in [2.45, 2.75) is 38.9 Å². The summed E-state index contributed by atoms with van der Waals surface area (Å²) in [5.41, 5.74) is 0.720. The summed E-state index contributed by atoms with van der Waals surface area (Å²) >= 11 is 2.79. The number of hydrogen-bond acceptors (Lipinski definition) is 5. The number of amides is 1. The molecule has 5 nitrogen and oxygen atoms in total. The summed E-state index contributed by atoms with van der Waals surface area (Å²) in [5.74, 6) is 1.58. The Balaban J connectivity index is 1.75. The Morgan fingerprint density at radius 3 is 2.75 bits per heavy atom. The van der Waals surface area contributed by atoms with Crippen LogP contribution in [0.3, 0.4) is 0 Å². The first-order chi connectivity index (χ1) is 11.5. The van der Waals surface area contributed by atoms with Crippen molar-refractivity contribution in [2.24, 2.45) is 11.8 Å². The number of thioether (sulfide) groups is 1. The molecule has 1 amide bonds. The molecular weight excluding hydrogens is 342 g/mol. The maximum absolute atomic E-state index is 12.6. The van der Waals surface area contributed by atoms with Gasteiger partial charge < -0.3 is 4.90 Å². The lowest BCUT2D eigenvalue weighted by atomic mass is 9.92. The zero-order chi connectivity index (χ0) is 17.3. The average Bonchev–Trinajstić information content (AvgIpc) is 3.00. The predicted octanol–water partition coefficient (Wildman–Crippen LogP) is 3.07. The molecule has 3 heterocycles. The van der Waals surface area contributed by atoms with Crippen LogP contribution in [0.15, 0.2) is 21.4 Å². The van der Waals surface area contributed by atoms with Gasteiger partial charge in [-0.15, -0.1) is 11.3 Å². The van der Waals surface area contributed by atoms with Gasteiger partial charge in [-0.2, -0.15) is 0 Å². The normalized spacial score (nSPS) is 21.4. The molecule has 1 aliphatic rings.